The Labute approximate surface area is 127 Å². The largest absolute Gasteiger partial charge is 0.363 e. The molecule has 2 rings (SSSR count). The van der Waals surface area contributed by atoms with Gasteiger partial charge in [-0.1, -0.05) is 41.7 Å². The molecule has 0 bridgehead atoms. The lowest BCUT2D eigenvalue weighted by molar-refractivity contribution is 0.826. The molecule has 1 heterocycles. The summed E-state index contributed by atoms with van der Waals surface area (Å²) in [5, 5.41) is 6.00. The highest BCUT2D eigenvalue weighted by molar-refractivity contribution is 6.40. The average Bonchev–Trinajstić information content (AvgIpc) is 2.71. The molecule has 1 aromatic carbocycles. The predicted octanol–water partition coefficient (Wildman–Crippen LogP) is 4.46. The average molecular weight is 319 g/mol. The van der Waals surface area contributed by atoms with Gasteiger partial charge in [0.05, 0.1) is 15.7 Å². The highest BCUT2D eigenvalue weighted by atomic mass is 35.5. The van der Waals surface area contributed by atoms with Crippen molar-refractivity contribution < 1.29 is 0 Å². The van der Waals surface area contributed by atoms with E-state index in [0.29, 0.717) is 20.8 Å². The standard InChI is InChI=1S/C13H14Cl3N3/c1-4-9-7-12(18(2)3)19(17-9)13-10(15)5-8(14)6-11(13)16/h5-7H,4H2,1-3H3. The number of anilines is 1. The fraction of sp³-hybridized carbons (Fsp3) is 0.308. The van der Waals surface area contributed by atoms with E-state index < -0.39 is 0 Å². The highest BCUT2D eigenvalue weighted by Gasteiger charge is 2.16. The van der Waals surface area contributed by atoms with E-state index in [1.165, 1.54) is 0 Å². The molecule has 0 fully saturated rings. The summed E-state index contributed by atoms with van der Waals surface area (Å²) < 4.78 is 1.75. The van der Waals surface area contributed by atoms with Crippen molar-refractivity contribution in [1.29, 1.82) is 0 Å². The van der Waals surface area contributed by atoms with Crippen molar-refractivity contribution in [2.24, 2.45) is 0 Å². The van der Waals surface area contributed by atoms with E-state index in [4.69, 9.17) is 34.8 Å². The Hall–Kier alpha value is -0.900. The fourth-order valence-corrected chi connectivity index (χ4v) is 2.79. The normalized spacial score (nSPS) is 10.8. The molecule has 0 atom stereocenters. The molecule has 1 aromatic heterocycles. The number of rotatable bonds is 3. The predicted molar refractivity (Wildman–Crippen MR) is 82.3 cm³/mol. The van der Waals surface area contributed by atoms with Gasteiger partial charge in [-0.15, -0.1) is 0 Å². The zero-order valence-electron chi connectivity index (χ0n) is 10.9. The molecule has 0 aliphatic carbocycles. The molecule has 0 saturated heterocycles. The molecule has 0 aliphatic rings. The zero-order chi connectivity index (χ0) is 14.2. The van der Waals surface area contributed by atoms with E-state index in [9.17, 15) is 0 Å². The summed E-state index contributed by atoms with van der Waals surface area (Å²) in [4.78, 5) is 1.97. The van der Waals surface area contributed by atoms with Gasteiger partial charge in [0.15, 0.2) is 0 Å². The van der Waals surface area contributed by atoms with Crippen molar-refractivity contribution in [2.45, 2.75) is 13.3 Å². The lowest BCUT2D eigenvalue weighted by Gasteiger charge is -2.16. The Morgan fingerprint density at radius 1 is 1.11 bits per heavy atom. The molecule has 19 heavy (non-hydrogen) atoms. The molecule has 0 unspecified atom stereocenters. The molecule has 0 spiro atoms. The summed E-state index contributed by atoms with van der Waals surface area (Å²) in [6.07, 6.45) is 0.844. The summed E-state index contributed by atoms with van der Waals surface area (Å²) >= 11 is 18.4. The highest BCUT2D eigenvalue weighted by Crippen LogP contribution is 2.34. The van der Waals surface area contributed by atoms with Crippen LogP contribution in [-0.2, 0) is 6.42 Å². The minimum Gasteiger partial charge on any atom is -0.363 e. The third-order valence-electron chi connectivity index (χ3n) is 2.76. The van der Waals surface area contributed by atoms with Gasteiger partial charge in [0.1, 0.15) is 11.5 Å². The van der Waals surface area contributed by atoms with E-state index in [1.807, 2.05) is 25.1 Å². The SMILES string of the molecule is CCc1cc(N(C)C)n(-c2c(Cl)cc(Cl)cc2Cl)n1. The van der Waals surface area contributed by atoms with Gasteiger partial charge in [-0.2, -0.15) is 5.10 Å². The van der Waals surface area contributed by atoms with Gasteiger partial charge in [0.2, 0.25) is 0 Å². The summed E-state index contributed by atoms with van der Waals surface area (Å²) in [6.45, 7) is 2.05. The summed E-state index contributed by atoms with van der Waals surface area (Å²) in [5.74, 6) is 0.919. The second-order valence-electron chi connectivity index (χ2n) is 4.37. The molecule has 102 valence electrons. The van der Waals surface area contributed by atoms with E-state index in [0.717, 1.165) is 17.9 Å². The Morgan fingerprint density at radius 3 is 2.16 bits per heavy atom. The maximum absolute atomic E-state index is 6.25. The van der Waals surface area contributed by atoms with Crippen LogP contribution in [0.25, 0.3) is 5.69 Å². The van der Waals surface area contributed by atoms with Gasteiger partial charge in [0, 0.05) is 25.2 Å². The van der Waals surface area contributed by atoms with Gasteiger partial charge in [-0.25, -0.2) is 4.68 Å². The quantitative estimate of drug-likeness (QED) is 0.833. The van der Waals surface area contributed by atoms with Gasteiger partial charge in [-0.05, 0) is 18.6 Å². The van der Waals surface area contributed by atoms with E-state index in [1.54, 1.807) is 16.8 Å². The van der Waals surface area contributed by atoms with Crippen molar-refractivity contribution in [3.8, 4) is 5.69 Å². The lowest BCUT2D eigenvalue weighted by atomic mass is 10.3. The first-order chi connectivity index (χ1) is 8.93. The van der Waals surface area contributed by atoms with Crippen LogP contribution in [0, 0.1) is 0 Å². The van der Waals surface area contributed by atoms with Gasteiger partial charge < -0.3 is 4.90 Å². The van der Waals surface area contributed by atoms with E-state index >= 15 is 0 Å². The number of hydrogen-bond donors (Lipinski definition) is 0. The number of hydrogen-bond acceptors (Lipinski definition) is 2. The van der Waals surface area contributed by atoms with Crippen LogP contribution in [-0.4, -0.2) is 23.9 Å². The second-order valence-corrected chi connectivity index (χ2v) is 5.62. The first-order valence-electron chi connectivity index (χ1n) is 5.85. The molecule has 0 amide bonds. The molecule has 3 nitrogen and oxygen atoms in total. The van der Waals surface area contributed by atoms with Crippen molar-refractivity contribution in [2.75, 3.05) is 19.0 Å². The molecule has 2 aromatic rings. The summed E-state index contributed by atoms with van der Waals surface area (Å²) in [6, 6.07) is 5.34. The molecular weight excluding hydrogens is 305 g/mol. The number of benzene rings is 1. The number of halogens is 3. The molecule has 0 radical (unpaired) electrons. The first kappa shape index (κ1) is 14.5. The minimum absolute atomic E-state index is 0.478. The molecule has 0 saturated carbocycles. The smallest absolute Gasteiger partial charge is 0.132 e. The van der Waals surface area contributed by atoms with Crippen molar-refractivity contribution >= 4 is 40.6 Å². The van der Waals surface area contributed by atoms with E-state index in [2.05, 4.69) is 12.0 Å². The lowest BCUT2D eigenvalue weighted by Crippen LogP contribution is -2.14. The molecule has 0 N–H and O–H groups in total. The van der Waals surface area contributed by atoms with Crippen LogP contribution >= 0.6 is 34.8 Å². The minimum atomic E-state index is 0.478. The van der Waals surface area contributed by atoms with Crippen LogP contribution in [0.4, 0.5) is 5.82 Å². The third-order valence-corrected chi connectivity index (χ3v) is 3.55. The Bertz CT molecular complexity index is 582. The van der Waals surface area contributed by atoms with Crippen LogP contribution in [0.2, 0.25) is 15.1 Å². The Balaban J connectivity index is 2.68. The molecular formula is C13H14Cl3N3. The van der Waals surface area contributed by atoms with Crippen molar-refractivity contribution in [1.82, 2.24) is 9.78 Å². The molecule has 6 heteroatoms. The van der Waals surface area contributed by atoms with Crippen LogP contribution in [0.1, 0.15) is 12.6 Å². The third kappa shape index (κ3) is 2.83. The number of nitrogens with zero attached hydrogens (tertiary/aromatic N) is 3. The number of aryl methyl sites for hydroxylation is 1. The Morgan fingerprint density at radius 2 is 1.68 bits per heavy atom. The second kappa shape index (κ2) is 5.61. The van der Waals surface area contributed by atoms with E-state index in [-0.39, 0.29) is 0 Å². The van der Waals surface area contributed by atoms with Crippen LogP contribution in [0.15, 0.2) is 18.2 Å². The van der Waals surface area contributed by atoms with Gasteiger partial charge >= 0.3 is 0 Å². The Kier molecular flexibility index (Phi) is 4.29. The maximum Gasteiger partial charge on any atom is 0.132 e. The topological polar surface area (TPSA) is 21.1 Å². The fourth-order valence-electron chi connectivity index (χ4n) is 1.81. The van der Waals surface area contributed by atoms with Gasteiger partial charge in [-0.3, -0.25) is 0 Å². The van der Waals surface area contributed by atoms with Crippen molar-refractivity contribution in [3.63, 3.8) is 0 Å². The summed E-state index contributed by atoms with van der Waals surface area (Å²) in [7, 11) is 3.90. The molecule has 0 aliphatic heterocycles. The first-order valence-corrected chi connectivity index (χ1v) is 6.98. The monoisotopic (exact) mass is 317 g/mol. The maximum atomic E-state index is 6.25. The van der Waals surface area contributed by atoms with Crippen LogP contribution in [0.5, 0.6) is 0 Å². The van der Waals surface area contributed by atoms with Crippen molar-refractivity contribution in [3.05, 3.63) is 39.0 Å². The number of aromatic nitrogens is 2. The summed E-state index contributed by atoms with van der Waals surface area (Å²) in [5.41, 5.74) is 1.63. The zero-order valence-corrected chi connectivity index (χ0v) is 13.2. The van der Waals surface area contributed by atoms with Crippen LogP contribution < -0.4 is 4.90 Å². The van der Waals surface area contributed by atoms with Crippen LogP contribution in [0.3, 0.4) is 0 Å². The van der Waals surface area contributed by atoms with Gasteiger partial charge in [0.25, 0.3) is 0 Å².